The Hall–Kier alpha value is -1.19. The number of rotatable bonds is 3. The second kappa shape index (κ2) is 4.48. The lowest BCUT2D eigenvalue weighted by molar-refractivity contribution is 0.0863. The molecule has 0 bridgehead atoms. The van der Waals surface area contributed by atoms with Gasteiger partial charge in [0.05, 0.1) is 6.61 Å². The number of hydrogen-bond donors (Lipinski definition) is 1. The Labute approximate surface area is 107 Å². The fourth-order valence-electron chi connectivity index (χ4n) is 2.72. The largest absolute Gasteiger partial charge is 0.379 e. The lowest BCUT2D eigenvalue weighted by Crippen LogP contribution is -2.48. The molecule has 1 saturated heterocycles. The van der Waals surface area contributed by atoms with E-state index < -0.39 is 5.54 Å². The van der Waals surface area contributed by atoms with Gasteiger partial charge in [-0.05, 0) is 36.8 Å². The number of ketones is 1. The van der Waals surface area contributed by atoms with Crippen molar-refractivity contribution in [2.24, 2.45) is 5.73 Å². The van der Waals surface area contributed by atoms with Crippen LogP contribution in [0.3, 0.4) is 0 Å². The SMILES string of the molecule is NC1(C(=O)c2cccc(C3CCC3)c2)CCOC1. The molecule has 1 aliphatic carbocycles. The van der Waals surface area contributed by atoms with Gasteiger partial charge in [0.15, 0.2) is 5.78 Å². The lowest BCUT2D eigenvalue weighted by atomic mass is 9.79. The molecule has 3 rings (SSSR count). The van der Waals surface area contributed by atoms with Crippen LogP contribution in [0, 0.1) is 0 Å². The fourth-order valence-corrected chi connectivity index (χ4v) is 2.72. The highest BCUT2D eigenvalue weighted by molar-refractivity contribution is 6.03. The molecule has 3 heteroatoms. The molecule has 1 aromatic rings. The molecule has 1 atom stereocenters. The first-order chi connectivity index (χ1) is 8.69. The number of Topliss-reactive ketones (excluding diaryl/α,β-unsaturated/α-hetero) is 1. The lowest BCUT2D eigenvalue weighted by Gasteiger charge is -2.27. The summed E-state index contributed by atoms with van der Waals surface area (Å²) in [6.07, 6.45) is 4.42. The second-order valence-corrected chi connectivity index (χ2v) is 5.54. The number of hydrogen-bond acceptors (Lipinski definition) is 3. The van der Waals surface area contributed by atoms with Gasteiger partial charge in [-0.25, -0.2) is 0 Å². The zero-order chi connectivity index (χ0) is 12.6. The molecule has 0 spiro atoms. The van der Waals surface area contributed by atoms with Crippen molar-refractivity contribution in [2.75, 3.05) is 13.2 Å². The van der Waals surface area contributed by atoms with Gasteiger partial charge in [0, 0.05) is 12.2 Å². The van der Waals surface area contributed by atoms with Crippen molar-refractivity contribution in [3.63, 3.8) is 0 Å². The van der Waals surface area contributed by atoms with Crippen LogP contribution in [0.4, 0.5) is 0 Å². The quantitative estimate of drug-likeness (QED) is 0.831. The smallest absolute Gasteiger partial charge is 0.185 e. The van der Waals surface area contributed by atoms with Crippen molar-refractivity contribution >= 4 is 5.78 Å². The Bertz CT molecular complexity index is 459. The summed E-state index contributed by atoms with van der Waals surface area (Å²) in [7, 11) is 0. The first-order valence-corrected chi connectivity index (χ1v) is 6.70. The molecule has 1 aliphatic heterocycles. The number of benzene rings is 1. The minimum Gasteiger partial charge on any atom is -0.379 e. The first-order valence-electron chi connectivity index (χ1n) is 6.70. The molecule has 2 fully saturated rings. The summed E-state index contributed by atoms with van der Waals surface area (Å²) < 4.78 is 5.27. The number of ether oxygens (including phenoxy) is 1. The molecule has 1 heterocycles. The molecule has 0 amide bonds. The minimum absolute atomic E-state index is 0.0289. The summed E-state index contributed by atoms with van der Waals surface area (Å²) in [4.78, 5) is 12.4. The van der Waals surface area contributed by atoms with Crippen molar-refractivity contribution < 1.29 is 9.53 Å². The maximum Gasteiger partial charge on any atom is 0.185 e. The van der Waals surface area contributed by atoms with Gasteiger partial charge in [0.25, 0.3) is 0 Å². The van der Waals surface area contributed by atoms with Gasteiger partial charge in [-0.1, -0.05) is 24.6 Å². The monoisotopic (exact) mass is 245 g/mol. The Morgan fingerprint density at radius 1 is 1.39 bits per heavy atom. The van der Waals surface area contributed by atoms with Gasteiger partial charge >= 0.3 is 0 Å². The number of nitrogens with two attached hydrogens (primary N) is 1. The third-order valence-electron chi connectivity index (χ3n) is 4.23. The van der Waals surface area contributed by atoms with Gasteiger partial charge in [-0.15, -0.1) is 0 Å². The summed E-state index contributed by atoms with van der Waals surface area (Å²) in [5.74, 6) is 0.674. The maximum atomic E-state index is 12.4. The Kier molecular flexibility index (Phi) is 2.96. The summed E-state index contributed by atoms with van der Waals surface area (Å²) in [6, 6.07) is 7.99. The highest BCUT2D eigenvalue weighted by atomic mass is 16.5. The second-order valence-electron chi connectivity index (χ2n) is 5.54. The van der Waals surface area contributed by atoms with Gasteiger partial charge < -0.3 is 10.5 Å². The van der Waals surface area contributed by atoms with Gasteiger partial charge in [0.2, 0.25) is 0 Å². The van der Waals surface area contributed by atoms with E-state index in [4.69, 9.17) is 10.5 Å². The number of carbonyl (C=O) groups is 1. The maximum absolute atomic E-state index is 12.4. The summed E-state index contributed by atoms with van der Waals surface area (Å²) in [6.45, 7) is 0.935. The van der Waals surface area contributed by atoms with Gasteiger partial charge in [0.1, 0.15) is 5.54 Å². The van der Waals surface area contributed by atoms with Crippen molar-refractivity contribution in [2.45, 2.75) is 37.1 Å². The van der Waals surface area contributed by atoms with Crippen LogP contribution in [0.25, 0.3) is 0 Å². The topological polar surface area (TPSA) is 52.3 Å². The molecular weight excluding hydrogens is 226 g/mol. The van der Waals surface area contributed by atoms with Crippen molar-refractivity contribution in [1.82, 2.24) is 0 Å². The van der Waals surface area contributed by atoms with Crippen molar-refractivity contribution in [1.29, 1.82) is 0 Å². The van der Waals surface area contributed by atoms with Crippen molar-refractivity contribution in [3.05, 3.63) is 35.4 Å². The van der Waals surface area contributed by atoms with E-state index in [1.165, 1.54) is 24.8 Å². The third-order valence-corrected chi connectivity index (χ3v) is 4.23. The zero-order valence-electron chi connectivity index (χ0n) is 10.5. The van der Waals surface area contributed by atoms with Crippen LogP contribution in [0.2, 0.25) is 0 Å². The summed E-state index contributed by atoms with van der Waals surface area (Å²) in [5, 5.41) is 0. The molecular formula is C15H19NO2. The van der Waals surface area contributed by atoms with Crippen LogP contribution >= 0.6 is 0 Å². The van der Waals surface area contributed by atoms with Crippen LogP contribution in [0.5, 0.6) is 0 Å². The fraction of sp³-hybridized carbons (Fsp3) is 0.533. The van der Waals surface area contributed by atoms with Gasteiger partial charge in [-0.2, -0.15) is 0 Å². The first kappa shape index (κ1) is 11.9. The van der Waals surface area contributed by atoms with Crippen LogP contribution in [0.15, 0.2) is 24.3 Å². The van der Waals surface area contributed by atoms with Crippen LogP contribution < -0.4 is 5.73 Å². The van der Waals surface area contributed by atoms with Crippen LogP contribution in [0.1, 0.15) is 47.5 Å². The Balaban J connectivity index is 1.84. The third kappa shape index (κ3) is 1.98. The normalized spacial score (nSPS) is 28.1. The summed E-state index contributed by atoms with van der Waals surface area (Å²) in [5.41, 5.74) is 7.36. The van der Waals surface area contributed by atoms with E-state index in [2.05, 4.69) is 6.07 Å². The van der Waals surface area contributed by atoms with E-state index in [0.717, 1.165) is 5.56 Å². The molecule has 96 valence electrons. The minimum atomic E-state index is -0.807. The van der Waals surface area contributed by atoms with E-state index in [0.29, 0.717) is 25.6 Å². The van der Waals surface area contributed by atoms with Crippen molar-refractivity contribution in [3.8, 4) is 0 Å². The molecule has 1 aromatic carbocycles. The highest BCUT2D eigenvalue weighted by Gasteiger charge is 2.38. The van der Waals surface area contributed by atoms with E-state index >= 15 is 0 Å². The molecule has 2 aliphatic rings. The van der Waals surface area contributed by atoms with Crippen LogP contribution in [-0.4, -0.2) is 24.5 Å². The standard InChI is InChI=1S/C15H19NO2/c16-15(7-8-18-10-15)14(17)13-6-2-5-12(9-13)11-3-1-4-11/h2,5-6,9,11H,1,3-4,7-8,10,16H2. The Morgan fingerprint density at radius 3 is 2.83 bits per heavy atom. The molecule has 3 nitrogen and oxygen atoms in total. The zero-order valence-corrected chi connectivity index (χ0v) is 10.5. The van der Waals surface area contributed by atoms with Crippen LogP contribution in [-0.2, 0) is 4.74 Å². The van der Waals surface area contributed by atoms with Gasteiger partial charge in [-0.3, -0.25) is 4.79 Å². The van der Waals surface area contributed by atoms with E-state index in [1.54, 1.807) is 0 Å². The number of carbonyl (C=O) groups excluding carboxylic acids is 1. The summed E-state index contributed by atoms with van der Waals surface area (Å²) >= 11 is 0. The highest BCUT2D eigenvalue weighted by Crippen LogP contribution is 2.36. The average molecular weight is 245 g/mol. The Morgan fingerprint density at radius 2 is 2.22 bits per heavy atom. The molecule has 0 aromatic heterocycles. The predicted molar refractivity (Wildman–Crippen MR) is 69.7 cm³/mol. The van der Waals surface area contributed by atoms with E-state index in [-0.39, 0.29) is 5.78 Å². The molecule has 0 radical (unpaired) electrons. The molecule has 18 heavy (non-hydrogen) atoms. The van der Waals surface area contributed by atoms with E-state index in [9.17, 15) is 4.79 Å². The predicted octanol–water partition coefficient (Wildman–Crippen LogP) is 2.25. The molecule has 1 unspecified atom stereocenters. The molecule has 2 N–H and O–H groups in total. The van der Waals surface area contributed by atoms with E-state index in [1.807, 2.05) is 18.2 Å². The molecule has 1 saturated carbocycles. The average Bonchev–Trinajstić information content (AvgIpc) is 2.75.